The molecule has 0 fully saturated rings. The number of para-hydroxylation sites is 1. The highest BCUT2D eigenvalue weighted by Crippen LogP contribution is 2.34. The van der Waals surface area contributed by atoms with Gasteiger partial charge in [-0.1, -0.05) is 40.2 Å². The predicted octanol–water partition coefficient (Wildman–Crippen LogP) is 4.26. The Kier molecular flexibility index (Phi) is 3.97. The van der Waals surface area contributed by atoms with Gasteiger partial charge in [0.15, 0.2) is 0 Å². The van der Waals surface area contributed by atoms with Crippen molar-refractivity contribution in [1.82, 2.24) is 0 Å². The molecule has 0 saturated heterocycles. The smallest absolute Gasteiger partial charge is 0.232 e. The van der Waals surface area contributed by atoms with Gasteiger partial charge in [-0.15, -0.1) is 0 Å². The molecule has 3 nitrogen and oxygen atoms in total. The Morgan fingerprint density at radius 2 is 2.10 bits per heavy atom. The minimum absolute atomic E-state index is 0.0153. The Bertz CT molecular complexity index is 684. The Morgan fingerprint density at radius 3 is 2.90 bits per heavy atom. The molecule has 2 aromatic rings. The number of amides is 1. The number of rotatable bonds is 2. The maximum Gasteiger partial charge on any atom is 0.232 e. The van der Waals surface area contributed by atoms with Gasteiger partial charge in [0.25, 0.3) is 0 Å². The molecule has 3 rings (SSSR count). The maximum absolute atomic E-state index is 12.5. The zero-order valence-electron chi connectivity index (χ0n) is 11.7. The van der Waals surface area contributed by atoms with Crippen LogP contribution in [0.2, 0.25) is 0 Å². The van der Waals surface area contributed by atoms with Gasteiger partial charge in [-0.25, -0.2) is 0 Å². The lowest BCUT2D eigenvalue weighted by atomic mass is 9.92. The number of anilines is 1. The molecule has 1 unspecified atom stereocenters. The fraction of sp³-hybridized carbons (Fsp3) is 0.235. The van der Waals surface area contributed by atoms with E-state index in [0.29, 0.717) is 13.0 Å². The van der Waals surface area contributed by atoms with Crippen LogP contribution >= 0.6 is 15.9 Å². The third kappa shape index (κ3) is 2.95. The number of halogens is 1. The predicted molar refractivity (Wildman–Crippen MR) is 86.8 cm³/mol. The summed E-state index contributed by atoms with van der Waals surface area (Å²) in [6, 6.07) is 13.6. The van der Waals surface area contributed by atoms with Gasteiger partial charge in [-0.2, -0.15) is 0 Å². The molecule has 0 bridgehead atoms. The summed E-state index contributed by atoms with van der Waals surface area (Å²) in [5.74, 6) is 0.672. The molecule has 0 radical (unpaired) electrons. The summed E-state index contributed by atoms with van der Waals surface area (Å²) in [5, 5.41) is 3.00. The number of fused-ring (bicyclic) bond motifs is 1. The van der Waals surface area contributed by atoms with Crippen LogP contribution in [0.4, 0.5) is 5.69 Å². The van der Waals surface area contributed by atoms with Crippen molar-refractivity contribution in [3.8, 4) is 5.75 Å². The topological polar surface area (TPSA) is 38.3 Å². The van der Waals surface area contributed by atoms with Crippen molar-refractivity contribution < 1.29 is 9.53 Å². The summed E-state index contributed by atoms with van der Waals surface area (Å²) in [7, 11) is 0. The van der Waals surface area contributed by atoms with E-state index in [1.807, 2.05) is 49.4 Å². The first kappa shape index (κ1) is 14.1. The van der Waals surface area contributed by atoms with Gasteiger partial charge in [0.2, 0.25) is 5.91 Å². The van der Waals surface area contributed by atoms with Gasteiger partial charge >= 0.3 is 0 Å². The number of nitrogens with one attached hydrogen (secondary N) is 1. The van der Waals surface area contributed by atoms with Crippen molar-refractivity contribution in [1.29, 1.82) is 0 Å². The van der Waals surface area contributed by atoms with Gasteiger partial charge in [0.05, 0.1) is 12.5 Å². The molecule has 1 aliphatic rings. The van der Waals surface area contributed by atoms with E-state index in [-0.39, 0.29) is 11.8 Å². The first-order chi connectivity index (χ1) is 10.1. The van der Waals surface area contributed by atoms with Crippen molar-refractivity contribution in [2.45, 2.75) is 19.3 Å². The van der Waals surface area contributed by atoms with E-state index < -0.39 is 0 Å². The fourth-order valence-corrected chi connectivity index (χ4v) is 2.89. The van der Waals surface area contributed by atoms with Crippen molar-refractivity contribution in [2.75, 3.05) is 11.9 Å². The average Bonchev–Trinajstić information content (AvgIpc) is 2.50. The lowest BCUT2D eigenvalue weighted by molar-refractivity contribution is -0.118. The molecular formula is C17H16BrNO2. The first-order valence-electron chi connectivity index (χ1n) is 6.94. The molecule has 1 heterocycles. The van der Waals surface area contributed by atoms with Gasteiger partial charge < -0.3 is 10.1 Å². The Labute approximate surface area is 132 Å². The molecule has 21 heavy (non-hydrogen) atoms. The van der Waals surface area contributed by atoms with E-state index in [0.717, 1.165) is 27.0 Å². The number of hydrogen-bond donors (Lipinski definition) is 1. The van der Waals surface area contributed by atoms with Crippen LogP contribution in [0.15, 0.2) is 46.9 Å². The second-order valence-electron chi connectivity index (χ2n) is 5.18. The molecule has 1 aliphatic heterocycles. The molecule has 4 heteroatoms. The summed E-state index contributed by atoms with van der Waals surface area (Å²) >= 11 is 3.49. The van der Waals surface area contributed by atoms with Crippen LogP contribution in [0.3, 0.4) is 0 Å². The average molecular weight is 346 g/mol. The van der Waals surface area contributed by atoms with E-state index in [9.17, 15) is 4.79 Å². The quantitative estimate of drug-likeness (QED) is 0.882. The first-order valence-corrected chi connectivity index (χ1v) is 7.73. The van der Waals surface area contributed by atoms with Crippen molar-refractivity contribution in [3.05, 3.63) is 58.1 Å². The number of ether oxygens (including phenoxy) is 1. The molecule has 0 saturated carbocycles. The second kappa shape index (κ2) is 5.90. The van der Waals surface area contributed by atoms with Crippen LogP contribution in [-0.4, -0.2) is 12.5 Å². The Morgan fingerprint density at radius 1 is 1.29 bits per heavy atom. The highest BCUT2D eigenvalue weighted by atomic mass is 79.9. The van der Waals surface area contributed by atoms with Crippen LogP contribution in [0.25, 0.3) is 0 Å². The van der Waals surface area contributed by atoms with Crippen molar-refractivity contribution in [2.24, 2.45) is 0 Å². The van der Waals surface area contributed by atoms with Crippen LogP contribution in [0.1, 0.15) is 23.5 Å². The highest BCUT2D eigenvalue weighted by molar-refractivity contribution is 9.10. The maximum atomic E-state index is 12.5. The van der Waals surface area contributed by atoms with Gasteiger partial charge in [-0.3, -0.25) is 4.79 Å². The number of carbonyl (C=O) groups excluding carboxylic acids is 1. The zero-order chi connectivity index (χ0) is 14.8. The summed E-state index contributed by atoms with van der Waals surface area (Å²) in [5.41, 5.74) is 2.92. The van der Waals surface area contributed by atoms with Crippen molar-refractivity contribution in [3.63, 3.8) is 0 Å². The molecule has 1 atom stereocenters. The van der Waals surface area contributed by atoms with Crippen LogP contribution < -0.4 is 10.1 Å². The van der Waals surface area contributed by atoms with Gasteiger partial charge in [-0.05, 0) is 37.1 Å². The monoisotopic (exact) mass is 345 g/mol. The number of carbonyl (C=O) groups is 1. The number of aryl methyl sites for hydroxylation is 1. The zero-order valence-corrected chi connectivity index (χ0v) is 13.3. The van der Waals surface area contributed by atoms with E-state index in [2.05, 4.69) is 21.2 Å². The summed E-state index contributed by atoms with van der Waals surface area (Å²) in [6.45, 7) is 2.59. The minimum Gasteiger partial charge on any atom is -0.493 e. The van der Waals surface area contributed by atoms with E-state index >= 15 is 0 Å². The molecule has 2 aromatic carbocycles. The van der Waals surface area contributed by atoms with Gasteiger partial charge in [0, 0.05) is 15.7 Å². The van der Waals surface area contributed by atoms with Crippen LogP contribution in [0.5, 0.6) is 5.75 Å². The van der Waals surface area contributed by atoms with E-state index in [1.54, 1.807) is 0 Å². The Hall–Kier alpha value is -1.81. The minimum atomic E-state index is -0.157. The van der Waals surface area contributed by atoms with Crippen LogP contribution in [0, 0.1) is 6.92 Å². The molecule has 1 amide bonds. The summed E-state index contributed by atoms with van der Waals surface area (Å²) in [6.07, 6.45) is 0.704. The normalized spacial score (nSPS) is 16.8. The standard InChI is InChI=1S/C17H16BrNO2/c1-11-6-7-12(10-15(11)18)19-17(20)14-8-9-21-16-5-3-2-4-13(14)16/h2-7,10,14H,8-9H2,1H3,(H,19,20). The summed E-state index contributed by atoms with van der Waals surface area (Å²) < 4.78 is 6.59. The third-order valence-corrected chi connectivity index (χ3v) is 4.57. The summed E-state index contributed by atoms with van der Waals surface area (Å²) in [4.78, 5) is 12.5. The third-order valence-electron chi connectivity index (χ3n) is 3.71. The van der Waals surface area contributed by atoms with Crippen molar-refractivity contribution >= 4 is 27.5 Å². The van der Waals surface area contributed by atoms with E-state index in [1.165, 1.54) is 0 Å². The number of benzene rings is 2. The Balaban J connectivity index is 1.81. The molecule has 0 aromatic heterocycles. The molecule has 1 N–H and O–H groups in total. The SMILES string of the molecule is Cc1ccc(NC(=O)C2CCOc3ccccc32)cc1Br. The lowest BCUT2D eigenvalue weighted by Crippen LogP contribution is -2.26. The second-order valence-corrected chi connectivity index (χ2v) is 6.04. The molecule has 0 spiro atoms. The molecule has 108 valence electrons. The molecule has 0 aliphatic carbocycles. The highest BCUT2D eigenvalue weighted by Gasteiger charge is 2.27. The van der Waals surface area contributed by atoms with E-state index in [4.69, 9.17) is 4.74 Å². The lowest BCUT2D eigenvalue weighted by Gasteiger charge is -2.25. The molecular weight excluding hydrogens is 330 g/mol. The largest absolute Gasteiger partial charge is 0.493 e. The van der Waals surface area contributed by atoms with Gasteiger partial charge in [0.1, 0.15) is 5.75 Å². The van der Waals surface area contributed by atoms with Crippen LogP contribution in [-0.2, 0) is 4.79 Å². The fourth-order valence-electron chi connectivity index (χ4n) is 2.51. The number of hydrogen-bond acceptors (Lipinski definition) is 2.